The summed E-state index contributed by atoms with van der Waals surface area (Å²) >= 11 is 0. The Bertz CT molecular complexity index is 237. The highest BCUT2D eigenvalue weighted by Crippen LogP contribution is 2.08. The molecule has 0 rings (SSSR count). The van der Waals surface area contributed by atoms with E-state index in [1.807, 2.05) is 6.08 Å². The number of hydrogen-bond donors (Lipinski definition) is 2. The Balaban J connectivity index is 3.10. The van der Waals surface area contributed by atoms with Crippen LogP contribution in [0, 0.1) is 0 Å². The van der Waals surface area contributed by atoms with Gasteiger partial charge in [0, 0.05) is 6.42 Å². The van der Waals surface area contributed by atoms with Gasteiger partial charge in [-0.3, -0.25) is 9.59 Å². The SMILES string of the molecule is NC(=O)C=CCCCCCCCCC(N)=O. The van der Waals surface area contributed by atoms with Crippen molar-refractivity contribution in [1.82, 2.24) is 0 Å². The normalized spacial score (nSPS) is 10.8. The van der Waals surface area contributed by atoms with Crippen LogP contribution in [0.25, 0.3) is 0 Å². The molecule has 92 valence electrons. The molecule has 0 radical (unpaired) electrons. The quantitative estimate of drug-likeness (QED) is 0.438. The van der Waals surface area contributed by atoms with Crippen molar-refractivity contribution in [2.24, 2.45) is 11.5 Å². The Hall–Kier alpha value is -1.32. The van der Waals surface area contributed by atoms with E-state index in [0.29, 0.717) is 6.42 Å². The number of amides is 2. The molecule has 16 heavy (non-hydrogen) atoms. The molecule has 4 heteroatoms. The van der Waals surface area contributed by atoms with Gasteiger partial charge in [-0.25, -0.2) is 0 Å². The molecule has 0 aromatic rings. The summed E-state index contributed by atoms with van der Waals surface area (Å²) in [5.74, 6) is -0.594. The molecule has 0 heterocycles. The first-order chi connectivity index (χ1) is 7.63. The van der Waals surface area contributed by atoms with Crippen molar-refractivity contribution in [2.75, 3.05) is 0 Å². The molecule has 0 bridgehead atoms. The molecular formula is C12H22N2O2. The summed E-state index contributed by atoms with van der Waals surface area (Å²) in [6.07, 6.45) is 11.2. The minimum Gasteiger partial charge on any atom is -0.370 e. The van der Waals surface area contributed by atoms with Crippen molar-refractivity contribution in [3.8, 4) is 0 Å². The number of carbonyl (C=O) groups is 2. The molecule has 0 aromatic heterocycles. The van der Waals surface area contributed by atoms with Gasteiger partial charge in [0.05, 0.1) is 0 Å². The Morgan fingerprint density at radius 3 is 2.00 bits per heavy atom. The number of primary amides is 2. The lowest BCUT2D eigenvalue weighted by Crippen LogP contribution is -2.09. The highest BCUT2D eigenvalue weighted by atomic mass is 16.1. The van der Waals surface area contributed by atoms with Gasteiger partial charge in [-0.2, -0.15) is 0 Å². The lowest BCUT2D eigenvalue weighted by Gasteiger charge is -1.99. The maximum atomic E-state index is 10.4. The minimum absolute atomic E-state index is 0.211. The number of nitrogens with two attached hydrogens (primary N) is 2. The summed E-state index contributed by atoms with van der Waals surface area (Å²) in [5, 5.41) is 0. The average molecular weight is 226 g/mol. The van der Waals surface area contributed by atoms with Gasteiger partial charge in [0.25, 0.3) is 0 Å². The summed E-state index contributed by atoms with van der Waals surface area (Å²) in [5.41, 5.74) is 9.98. The van der Waals surface area contributed by atoms with Crippen LogP contribution in [0.1, 0.15) is 51.4 Å². The molecule has 4 N–H and O–H groups in total. The molecule has 0 saturated heterocycles. The number of allylic oxidation sites excluding steroid dienone is 1. The van der Waals surface area contributed by atoms with Crippen LogP contribution in [0.2, 0.25) is 0 Å². The van der Waals surface area contributed by atoms with Gasteiger partial charge in [-0.05, 0) is 25.3 Å². The van der Waals surface area contributed by atoms with Crippen LogP contribution in [0.4, 0.5) is 0 Å². The Morgan fingerprint density at radius 2 is 1.44 bits per heavy atom. The third-order valence-electron chi connectivity index (χ3n) is 2.33. The van der Waals surface area contributed by atoms with E-state index in [0.717, 1.165) is 38.5 Å². The maximum absolute atomic E-state index is 10.4. The zero-order valence-electron chi connectivity index (χ0n) is 9.78. The molecule has 0 spiro atoms. The van der Waals surface area contributed by atoms with Gasteiger partial charge in [-0.15, -0.1) is 0 Å². The van der Waals surface area contributed by atoms with Crippen molar-refractivity contribution < 1.29 is 9.59 Å². The van der Waals surface area contributed by atoms with Crippen LogP contribution in [-0.4, -0.2) is 11.8 Å². The molecule has 0 saturated carbocycles. The lowest BCUT2D eigenvalue weighted by atomic mass is 10.1. The van der Waals surface area contributed by atoms with Crippen LogP contribution >= 0.6 is 0 Å². The third kappa shape index (κ3) is 12.7. The molecule has 0 atom stereocenters. The van der Waals surface area contributed by atoms with Crippen LogP contribution in [0.3, 0.4) is 0 Å². The van der Waals surface area contributed by atoms with Crippen molar-refractivity contribution in [2.45, 2.75) is 51.4 Å². The van der Waals surface area contributed by atoms with E-state index in [2.05, 4.69) is 0 Å². The molecule has 2 amide bonds. The average Bonchev–Trinajstić information content (AvgIpc) is 2.20. The van der Waals surface area contributed by atoms with Crippen molar-refractivity contribution in [3.63, 3.8) is 0 Å². The van der Waals surface area contributed by atoms with E-state index < -0.39 is 0 Å². The molecule has 0 aliphatic rings. The third-order valence-corrected chi connectivity index (χ3v) is 2.33. The monoisotopic (exact) mass is 226 g/mol. The summed E-state index contributed by atoms with van der Waals surface area (Å²) in [6, 6.07) is 0. The van der Waals surface area contributed by atoms with Crippen molar-refractivity contribution >= 4 is 11.8 Å². The second-order valence-electron chi connectivity index (χ2n) is 3.93. The van der Waals surface area contributed by atoms with E-state index in [9.17, 15) is 9.59 Å². The lowest BCUT2D eigenvalue weighted by molar-refractivity contribution is -0.118. The van der Waals surface area contributed by atoms with Crippen molar-refractivity contribution in [1.29, 1.82) is 0 Å². The molecule has 4 nitrogen and oxygen atoms in total. The molecule has 0 aliphatic carbocycles. The van der Waals surface area contributed by atoms with Gasteiger partial charge >= 0.3 is 0 Å². The Kier molecular flexibility index (Phi) is 9.36. The largest absolute Gasteiger partial charge is 0.370 e. The number of rotatable bonds is 10. The Labute approximate surface area is 97.1 Å². The highest BCUT2D eigenvalue weighted by Gasteiger charge is 1.94. The highest BCUT2D eigenvalue weighted by molar-refractivity contribution is 5.85. The van der Waals surface area contributed by atoms with Gasteiger partial charge in [0.15, 0.2) is 0 Å². The van der Waals surface area contributed by atoms with Gasteiger partial charge in [0.1, 0.15) is 0 Å². The topological polar surface area (TPSA) is 86.2 Å². The van der Waals surface area contributed by atoms with E-state index in [1.54, 1.807) is 0 Å². The van der Waals surface area contributed by atoms with E-state index >= 15 is 0 Å². The van der Waals surface area contributed by atoms with E-state index in [4.69, 9.17) is 11.5 Å². The second-order valence-corrected chi connectivity index (χ2v) is 3.93. The number of unbranched alkanes of at least 4 members (excludes halogenated alkanes) is 6. The summed E-state index contributed by atoms with van der Waals surface area (Å²) in [7, 11) is 0. The standard InChI is InChI=1S/C12H22N2O2/c13-11(15)9-7-5-3-1-2-4-6-8-10-12(14)16/h7,9H,1-6,8,10H2,(H2,13,15)(H2,14,16). The molecule has 0 fully saturated rings. The minimum atomic E-state index is -0.383. The fourth-order valence-electron chi connectivity index (χ4n) is 1.47. The number of carbonyl (C=O) groups excluding carboxylic acids is 2. The van der Waals surface area contributed by atoms with E-state index in [1.165, 1.54) is 12.5 Å². The number of hydrogen-bond acceptors (Lipinski definition) is 2. The first kappa shape index (κ1) is 14.7. The molecular weight excluding hydrogens is 204 g/mol. The maximum Gasteiger partial charge on any atom is 0.241 e. The van der Waals surface area contributed by atoms with Crippen LogP contribution in [0.5, 0.6) is 0 Å². The van der Waals surface area contributed by atoms with Crippen molar-refractivity contribution in [3.05, 3.63) is 12.2 Å². The zero-order chi connectivity index (χ0) is 12.2. The van der Waals surface area contributed by atoms with Crippen LogP contribution < -0.4 is 11.5 Å². The fourth-order valence-corrected chi connectivity index (χ4v) is 1.47. The van der Waals surface area contributed by atoms with E-state index in [-0.39, 0.29) is 11.8 Å². The van der Waals surface area contributed by atoms with Gasteiger partial charge < -0.3 is 11.5 Å². The smallest absolute Gasteiger partial charge is 0.241 e. The predicted octanol–water partition coefficient (Wildman–Crippen LogP) is 1.63. The molecule has 0 aliphatic heterocycles. The molecule has 0 unspecified atom stereocenters. The van der Waals surface area contributed by atoms with Crippen LogP contribution in [0.15, 0.2) is 12.2 Å². The summed E-state index contributed by atoms with van der Waals surface area (Å²) in [4.78, 5) is 20.8. The summed E-state index contributed by atoms with van der Waals surface area (Å²) < 4.78 is 0. The second kappa shape index (κ2) is 10.2. The Morgan fingerprint density at radius 1 is 0.875 bits per heavy atom. The molecule has 0 aromatic carbocycles. The predicted molar refractivity (Wildman–Crippen MR) is 64.5 cm³/mol. The first-order valence-electron chi connectivity index (χ1n) is 5.87. The zero-order valence-corrected chi connectivity index (χ0v) is 9.78. The van der Waals surface area contributed by atoms with Gasteiger partial charge in [0.2, 0.25) is 11.8 Å². The van der Waals surface area contributed by atoms with Gasteiger partial charge in [-0.1, -0.05) is 31.8 Å². The first-order valence-corrected chi connectivity index (χ1v) is 5.87. The fraction of sp³-hybridized carbons (Fsp3) is 0.667. The summed E-state index contributed by atoms with van der Waals surface area (Å²) in [6.45, 7) is 0. The van der Waals surface area contributed by atoms with Crippen LogP contribution in [-0.2, 0) is 9.59 Å².